The minimum Gasteiger partial charge on any atom is -0.396 e. The number of fused-ring (bicyclic) bond motifs is 1. The van der Waals surface area contributed by atoms with E-state index in [1.807, 2.05) is 6.92 Å². The summed E-state index contributed by atoms with van der Waals surface area (Å²) in [6.45, 7) is 2.18. The third-order valence-electron chi connectivity index (χ3n) is 3.85. The van der Waals surface area contributed by atoms with Gasteiger partial charge in [0.25, 0.3) is 0 Å². The lowest BCUT2D eigenvalue weighted by Crippen LogP contribution is -2.26. The fraction of sp³-hybridized carbons (Fsp3) is 0.500. The van der Waals surface area contributed by atoms with E-state index in [0.717, 1.165) is 29.8 Å². The average Bonchev–Trinajstić information content (AvgIpc) is 3.12. The van der Waals surface area contributed by atoms with Crippen LogP contribution in [0.1, 0.15) is 25.3 Å². The summed E-state index contributed by atoms with van der Waals surface area (Å²) in [5, 5.41) is 12.3. The van der Waals surface area contributed by atoms with Crippen LogP contribution in [-0.2, 0) is 11.2 Å². The van der Waals surface area contributed by atoms with Crippen molar-refractivity contribution in [1.82, 2.24) is 0 Å². The van der Waals surface area contributed by atoms with Gasteiger partial charge >= 0.3 is 0 Å². The van der Waals surface area contributed by atoms with Crippen molar-refractivity contribution in [3.63, 3.8) is 0 Å². The van der Waals surface area contributed by atoms with Crippen LogP contribution in [0.5, 0.6) is 0 Å². The molecule has 1 amide bonds. The summed E-state index contributed by atoms with van der Waals surface area (Å²) in [7, 11) is 0. The molecule has 1 aliphatic carbocycles. The standard InChI is InChI=1S/C14H17NO2S/c1-9-13(17)15-11-6-10(2-3-12(11)18-9)7-14(8-16)4-5-14/h2-3,6,9,16H,4-5,7-8H2,1H3,(H,15,17). The van der Waals surface area contributed by atoms with Crippen molar-refractivity contribution in [3.05, 3.63) is 23.8 Å². The van der Waals surface area contributed by atoms with E-state index in [1.54, 1.807) is 11.8 Å². The second kappa shape index (κ2) is 4.28. The van der Waals surface area contributed by atoms with Crippen LogP contribution in [0.4, 0.5) is 5.69 Å². The Labute approximate surface area is 111 Å². The number of nitrogens with one attached hydrogen (secondary N) is 1. The fourth-order valence-electron chi connectivity index (χ4n) is 2.37. The molecule has 1 saturated carbocycles. The summed E-state index contributed by atoms with van der Waals surface area (Å²) in [5.74, 6) is 0.0768. The number of aliphatic hydroxyl groups excluding tert-OH is 1. The number of hydrogen-bond donors (Lipinski definition) is 2. The molecule has 0 saturated heterocycles. The van der Waals surface area contributed by atoms with Crippen molar-refractivity contribution in [2.45, 2.75) is 36.3 Å². The van der Waals surface area contributed by atoms with Gasteiger partial charge in [-0.2, -0.15) is 0 Å². The molecule has 2 N–H and O–H groups in total. The molecule has 0 aromatic heterocycles. The second-order valence-corrected chi connectivity index (χ2v) is 6.80. The Balaban J connectivity index is 1.83. The molecule has 1 aromatic rings. The summed E-state index contributed by atoms with van der Waals surface area (Å²) in [5.41, 5.74) is 2.25. The molecule has 18 heavy (non-hydrogen) atoms. The van der Waals surface area contributed by atoms with Gasteiger partial charge in [0.2, 0.25) is 5.91 Å². The molecule has 0 bridgehead atoms. The third kappa shape index (κ3) is 2.15. The molecule has 3 nitrogen and oxygen atoms in total. The summed E-state index contributed by atoms with van der Waals surface area (Å²) < 4.78 is 0. The van der Waals surface area contributed by atoms with Gasteiger partial charge in [0.1, 0.15) is 0 Å². The van der Waals surface area contributed by atoms with E-state index < -0.39 is 0 Å². The number of anilines is 1. The lowest BCUT2D eigenvalue weighted by atomic mass is 9.97. The van der Waals surface area contributed by atoms with E-state index in [1.165, 1.54) is 5.56 Å². The molecule has 1 atom stereocenters. The molecular formula is C14H17NO2S. The van der Waals surface area contributed by atoms with E-state index >= 15 is 0 Å². The van der Waals surface area contributed by atoms with Crippen LogP contribution in [0.3, 0.4) is 0 Å². The number of rotatable bonds is 3. The molecule has 1 aromatic carbocycles. The SMILES string of the molecule is CC1Sc2ccc(CC3(CO)CC3)cc2NC1=O. The Bertz CT molecular complexity index is 497. The maximum atomic E-state index is 11.6. The molecule has 96 valence electrons. The number of hydrogen-bond acceptors (Lipinski definition) is 3. The fourth-order valence-corrected chi connectivity index (χ4v) is 3.30. The molecule has 1 unspecified atom stereocenters. The van der Waals surface area contributed by atoms with Gasteiger partial charge in [-0.05, 0) is 49.3 Å². The van der Waals surface area contributed by atoms with Crippen molar-refractivity contribution in [3.8, 4) is 0 Å². The smallest absolute Gasteiger partial charge is 0.237 e. The predicted octanol–water partition coefficient (Wildman–Crippen LogP) is 2.43. The Kier molecular flexibility index (Phi) is 2.87. The minimum atomic E-state index is -0.0180. The van der Waals surface area contributed by atoms with Gasteiger partial charge in [-0.15, -0.1) is 11.8 Å². The Morgan fingerprint density at radius 3 is 2.94 bits per heavy atom. The van der Waals surface area contributed by atoms with Crippen LogP contribution in [0.15, 0.2) is 23.1 Å². The largest absolute Gasteiger partial charge is 0.396 e. The van der Waals surface area contributed by atoms with Gasteiger partial charge in [0.15, 0.2) is 0 Å². The highest BCUT2D eigenvalue weighted by molar-refractivity contribution is 8.00. The first-order chi connectivity index (χ1) is 8.62. The number of aliphatic hydroxyl groups is 1. The average molecular weight is 263 g/mol. The maximum Gasteiger partial charge on any atom is 0.237 e. The van der Waals surface area contributed by atoms with E-state index in [9.17, 15) is 9.90 Å². The molecule has 0 radical (unpaired) electrons. The number of thioether (sulfide) groups is 1. The van der Waals surface area contributed by atoms with Gasteiger partial charge < -0.3 is 10.4 Å². The van der Waals surface area contributed by atoms with Gasteiger partial charge in [0.05, 0.1) is 10.9 Å². The Hall–Kier alpha value is -1.00. The normalized spacial score (nSPS) is 24.3. The Morgan fingerprint density at radius 2 is 2.28 bits per heavy atom. The highest BCUT2D eigenvalue weighted by Gasteiger charge is 2.41. The molecule has 0 spiro atoms. The lowest BCUT2D eigenvalue weighted by Gasteiger charge is -2.22. The molecule has 3 rings (SSSR count). The molecule has 1 heterocycles. The number of carbonyl (C=O) groups is 1. The van der Waals surface area contributed by atoms with E-state index in [0.29, 0.717) is 0 Å². The highest BCUT2D eigenvalue weighted by atomic mass is 32.2. The molecule has 1 fully saturated rings. The van der Waals surface area contributed by atoms with Crippen LogP contribution in [0, 0.1) is 5.41 Å². The number of carbonyl (C=O) groups excluding carboxylic acids is 1. The second-order valence-electron chi connectivity index (χ2n) is 5.41. The summed E-state index contributed by atoms with van der Waals surface area (Å²) in [4.78, 5) is 12.8. The zero-order chi connectivity index (χ0) is 12.8. The lowest BCUT2D eigenvalue weighted by molar-refractivity contribution is -0.115. The first-order valence-corrected chi connectivity index (χ1v) is 7.21. The maximum absolute atomic E-state index is 11.6. The highest BCUT2D eigenvalue weighted by Crippen LogP contribution is 2.48. The molecular weight excluding hydrogens is 246 g/mol. The third-order valence-corrected chi connectivity index (χ3v) is 5.02. The molecule has 1 aliphatic heterocycles. The van der Waals surface area contributed by atoms with E-state index in [2.05, 4.69) is 23.5 Å². The van der Waals surface area contributed by atoms with E-state index in [-0.39, 0.29) is 23.2 Å². The monoisotopic (exact) mass is 263 g/mol. The van der Waals surface area contributed by atoms with Crippen LogP contribution in [0.25, 0.3) is 0 Å². The zero-order valence-electron chi connectivity index (χ0n) is 10.4. The van der Waals surface area contributed by atoms with Crippen LogP contribution >= 0.6 is 11.8 Å². The van der Waals surface area contributed by atoms with Gasteiger partial charge in [-0.3, -0.25) is 4.79 Å². The Morgan fingerprint density at radius 1 is 1.50 bits per heavy atom. The first kappa shape index (κ1) is 12.1. The summed E-state index contributed by atoms with van der Waals surface area (Å²) >= 11 is 1.61. The van der Waals surface area contributed by atoms with Crippen LogP contribution in [0.2, 0.25) is 0 Å². The van der Waals surface area contributed by atoms with Crippen LogP contribution < -0.4 is 5.32 Å². The quantitative estimate of drug-likeness (QED) is 0.880. The van der Waals surface area contributed by atoms with Gasteiger partial charge in [-0.1, -0.05) is 6.07 Å². The summed E-state index contributed by atoms with van der Waals surface area (Å²) in [6.07, 6.45) is 3.13. The van der Waals surface area contributed by atoms with Crippen LogP contribution in [-0.4, -0.2) is 22.9 Å². The van der Waals surface area contributed by atoms with Crippen molar-refractivity contribution in [2.24, 2.45) is 5.41 Å². The zero-order valence-corrected chi connectivity index (χ0v) is 11.2. The number of benzene rings is 1. The molecule has 2 aliphatic rings. The van der Waals surface area contributed by atoms with E-state index in [4.69, 9.17) is 0 Å². The van der Waals surface area contributed by atoms with Crippen molar-refractivity contribution < 1.29 is 9.90 Å². The topological polar surface area (TPSA) is 49.3 Å². The molecule has 4 heteroatoms. The van der Waals surface area contributed by atoms with Gasteiger partial charge in [-0.25, -0.2) is 0 Å². The van der Waals surface area contributed by atoms with Crippen molar-refractivity contribution in [2.75, 3.05) is 11.9 Å². The van der Waals surface area contributed by atoms with Crippen molar-refractivity contribution in [1.29, 1.82) is 0 Å². The first-order valence-electron chi connectivity index (χ1n) is 6.33. The number of amides is 1. The van der Waals surface area contributed by atoms with Gasteiger partial charge in [0, 0.05) is 11.5 Å². The minimum absolute atomic E-state index is 0.0180. The van der Waals surface area contributed by atoms with Crippen molar-refractivity contribution >= 4 is 23.4 Å². The summed E-state index contributed by atoms with van der Waals surface area (Å²) in [6, 6.07) is 6.26. The predicted molar refractivity (Wildman–Crippen MR) is 72.8 cm³/mol.